The fraction of sp³-hybridized carbons (Fsp3) is 0.609. The van der Waals surface area contributed by atoms with Crippen LogP contribution in [0, 0.1) is 0 Å². The van der Waals surface area contributed by atoms with Gasteiger partial charge in [-0.05, 0) is 45.3 Å². The van der Waals surface area contributed by atoms with Crippen LogP contribution >= 0.6 is 0 Å². The minimum Gasteiger partial charge on any atom is -0.358 e. The van der Waals surface area contributed by atoms with Crippen LogP contribution in [0.15, 0.2) is 30.3 Å². The van der Waals surface area contributed by atoms with E-state index >= 15 is 0 Å². The molecule has 1 aliphatic carbocycles. The Labute approximate surface area is 185 Å². The fourth-order valence-electron chi connectivity index (χ4n) is 5.07. The number of rotatable bonds is 6. The number of likely N-dealkylation sites (N-methyl/N-ethyl adjacent to an activating group) is 2. The Bertz CT molecular complexity index is 816. The molecule has 0 aromatic heterocycles. The highest BCUT2D eigenvalue weighted by molar-refractivity contribution is 5.89. The van der Waals surface area contributed by atoms with Crippen molar-refractivity contribution in [3.63, 3.8) is 0 Å². The molecule has 1 aliphatic heterocycles. The van der Waals surface area contributed by atoms with E-state index in [0.29, 0.717) is 6.54 Å². The van der Waals surface area contributed by atoms with E-state index in [0.717, 1.165) is 25.7 Å². The molecule has 8 nitrogen and oxygen atoms in total. The number of urea groups is 1. The monoisotopic (exact) mass is 429 g/mol. The van der Waals surface area contributed by atoms with Gasteiger partial charge >= 0.3 is 6.03 Å². The molecule has 170 valence electrons. The summed E-state index contributed by atoms with van der Waals surface area (Å²) < 4.78 is 0. The van der Waals surface area contributed by atoms with Crippen molar-refractivity contribution in [3.8, 4) is 0 Å². The highest BCUT2D eigenvalue weighted by atomic mass is 16.2. The van der Waals surface area contributed by atoms with Crippen molar-refractivity contribution in [2.24, 2.45) is 0 Å². The predicted octanol–water partition coefficient (Wildman–Crippen LogP) is 1.33. The van der Waals surface area contributed by atoms with Crippen LogP contribution in [0.4, 0.5) is 4.79 Å². The van der Waals surface area contributed by atoms with E-state index in [9.17, 15) is 14.4 Å². The molecule has 1 saturated heterocycles. The minimum atomic E-state index is -0.439. The summed E-state index contributed by atoms with van der Waals surface area (Å²) in [4.78, 5) is 44.9. The molecular weight excluding hydrogens is 394 g/mol. The summed E-state index contributed by atoms with van der Waals surface area (Å²) >= 11 is 0. The van der Waals surface area contributed by atoms with Gasteiger partial charge in [-0.3, -0.25) is 14.5 Å². The number of hydrogen-bond donors (Lipinski definition) is 1. The molecule has 0 radical (unpaired) electrons. The predicted molar refractivity (Wildman–Crippen MR) is 119 cm³/mol. The molecule has 3 rings (SSSR count). The molecule has 1 aromatic rings. The van der Waals surface area contributed by atoms with Crippen molar-refractivity contribution < 1.29 is 14.4 Å². The molecule has 1 N–H and O–H groups in total. The number of hydrogen-bond acceptors (Lipinski definition) is 4. The van der Waals surface area contributed by atoms with Crippen LogP contribution in [-0.2, 0) is 15.1 Å². The summed E-state index contributed by atoms with van der Waals surface area (Å²) in [5.74, 6) is -0.311. The minimum absolute atomic E-state index is 0.0151. The standard InChI is InChI=1S/C23H35N5O3/c1-24-19(29)15-27-17-22(28(21(27)31)16-20(30)25(2)3)11-13-23(14-12-22,26(4)5)18-9-7-6-8-10-18/h6-10H,11-17H2,1-5H3,(H,24,29)/t22-,23+. The van der Waals surface area contributed by atoms with Crippen LogP contribution < -0.4 is 5.32 Å². The molecule has 0 atom stereocenters. The van der Waals surface area contributed by atoms with Gasteiger partial charge < -0.3 is 20.0 Å². The van der Waals surface area contributed by atoms with E-state index in [1.165, 1.54) is 10.5 Å². The van der Waals surface area contributed by atoms with Gasteiger partial charge in [0.15, 0.2) is 0 Å². The Morgan fingerprint density at radius 2 is 1.61 bits per heavy atom. The van der Waals surface area contributed by atoms with Crippen LogP contribution in [0.2, 0.25) is 0 Å². The van der Waals surface area contributed by atoms with Crippen LogP contribution in [0.5, 0.6) is 0 Å². The van der Waals surface area contributed by atoms with Gasteiger partial charge in [0.2, 0.25) is 11.8 Å². The lowest BCUT2D eigenvalue weighted by molar-refractivity contribution is -0.130. The van der Waals surface area contributed by atoms with Crippen molar-refractivity contribution in [2.45, 2.75) is 36.8 Å². The fourth-order valence-corrected chi connectivity index (χ4v) is 5.07. The first-order chi connectivity index (χ1) is 14.6. The second kappa shape index (κ2) is 8.86. The Hall–Kier alpha value is -2.61. The lowest BCUT2D eigenvalue weighted by Crippen LogP contribution is -2.57. The van der Waals surface area contributed by atoms with Gasteiger partial charge in [0, 0.05) is 33.2 Å². The van der Waals surface area contributed by atoms with E-state index < -0.39 is 5.54 Å². The molecule has 31 heavy (non-hydrogen) atoms. The quantitative estimate of drug-likeness (QED) is 0.740. The molecule has 4 amide bonds. The second-order valence-corrected chi connectivity index (χ2v) is 9.20. The summed E-state index contributed by atoms with van der Waals surface area (Å²) in [5, 5.41) is 2.59. The van der Waals surface area contributed by atoms with Crippen LogP contribution in [-0.4, -0.2) is 97.9 Å². The lowest BCUT2D eigenvalue weighted by atomic mass is 9.68. The summed E-state index contributed by atoms with van der Waals surface area (Å²) in [6, 6.07) is 10.3. The van der Waals surface area contributed by atoms with Crippen molar-refractivity contribution >= 4 is 17.8 Å². The average molecular weight is 430 g/mol. The van der Waals surface area contributed by atoms with E-state index in [4.69, 9.17) is 0 Å². The zero-order chi connectivity index (χ0) is 22.8. The van der Waals surface area contributed by atoms with E-state index in [-0.39, 0.29) is 36.5 Å². The van der Waals surface area contributed by atoms with Crippen LogP contribution in [0.25, 0.3) is 0 Å². The van der Waals surface area contributed by atoms with Gasteiger partial charge in [0.25, 0.3) is 0 Å². The first-order valence-corrected chi connectivity index (χ1v) is 10.9. The largest absolute Gasteiger partial charge is 0.358 e. The van der Waals surface area contributed by atoms with Gasteiger partial charge in [-0.2, -0.15) is 0 Å². The SMILES string of the molecule is CNC(=O)CN1C[C@]2(CC[C@](c3ccccc3)(N(C)C)CC2)N(CC(=O)N(C)C)C1=O. The van der Waals surface area contributed by atoms with Gasteiger partial charge in [0.1, 0.15) is 13.1 Å². The van der Waals surface area contributed by atoms with Crippen molar-refractivity contribution in [2.75, 3.05) is 54.9 Å². The summed E-state index contributed by atoms with van der Waals surface area (Å²) in [6.07, 6.45) is 3.29. The summed E-state index contributed by atoms with van der Waals surface area (Å²) in [5.41, 5.74) is 0.726. The third-order valence-electron chi connectivity index (χ3n) is 7.14. The van der Waals surface area contributed by atoms with Gasteiger partial charge in [0.05, 0.1) is 5.54 Å². The smallest absolute Gasteiger partial charge is 0.321 e. The maximum Gasteiger partial charge on any atom is 0.321 e. The molecular formula is C23H35N5O3. The summed E-state index contributed by atoms with van der Waals surface area (Å²) in [7, 11) is 9.18. The number of nitrogens with one attached hydrogen (secondary N) is 1. The van der Waals surface area contributed by atoms with Crippen molar-refractivity contribution in [1.82, 2.24) is 24.9 Å². The number of benzene rings is 1. The molecule has 2 aliphatic rings. The Kier molecular flexibility index (Phi) is 6.59. The molecule has 1 aromatic carbocycles. The average Bonchev–Trinajstić information content (AvgIpc) is 3.00. The first kappa shape index (κ1) is 23.1. The topological polar surface area (TPSA) is 76.2 Å². The van der Waals surface area contributed by atoms with E-state index in [1.807, 2.05) is 6.07 Å². The Morgan fingerprint density at radius 1 is 1.00 bits per heavy atom. The molecule has 2 fully saturated rings. The first-order valence-electron chi connectivity index (χ1n) is 10.9. The van der Waals surface area contributed by atoms with E-state index in [2.05, 4.69) is 48.6 Å². The Morgan fingerprint density at radius 3 is 2.13 bits per heavy atom. The third-order valence-corrected chi connectivity index (χ3v) is 7.14. The zero-order valence-corrected chi connectivity index (χ0v) is 19.4. The van der Waals surface area contributed by atoms with Gasteiger partial charge in [-0.25, -0.2) is 4.79 Å². The second-order valence-electron chi connectivity index (χ2n) is 9.20. The summed E-state index contributed by atoms with van der Waals surface area (Å²) in [6.45, 7) is 0.524. The normalized spacial score (nSPS) is 25.9. The highest BCUT2D eigenvalue weighted by Crippen LogP contribution is 2.48. The third kappa shape index (κ3) is 4.26. The Balaban J connectivity index is 1.89. The number of carbonyl (C=O) groups excluding carboxylic acids is 3. The maximum atomic E-state index is 13.2. The maximum absolute atomic E-state index is 13.2. The molecule has 8 heteroatoms. The highest BCUT2D eigenvalue weighted by Gasteiger charge is 2.55. The van der Waals surface area contributed by atoms with Gasteiger partial charge in [-0.15, -0.1) is 0 Å². The molecule has 0 bridgehead atoms. The number of nitrogens with zero attached hydrogens (tertiary/aromatic N) is 4. The van der Waals surface area contributed by atoms with Crippen molar-refractivity contribution in [3.05, 3.63) is 35.9 Å². The van der Waals surface area contributed by atoms with Gasteiger partial charge in [-0.1, -0.05) is 30.3 Å². The molecule has 0 unspecified atom stereocenters. The van der Waals surface area contributed by atoms with Crippen molar-refractivity contribution in [1.29, 1.82) is 0 Å². The van der Waals surface area contributed by atoms with E-state index in [1.54, 1.807) is 30.9 Å². The molecule has 1 spiro atoms. The van der Waals surface area contributed by atoms with Crippen LogP contribution in [0.1, 0.15) is 31.2 Å². The number of amides is 4. The zero-order valence-electron chi connectivity index (χ0n) is 19.4. The molecule has 1 heterocycles. The number of carbonyl (C=O) groups is 3. The molecule has 1 saturated carbocycles. The lowest BCUT2D eigenvalue weighted by Gasteiger charge is -2.51. The van der Waals surface area contributed by atoms with Crippen LogP contribution in [0.3, 0.4) is 0 Å².